The fourth-order valence-electron chi connectivity index (χ4n) is 3.80. The first-order valence-corrected chi connectivity index (χ1v) is 10.5. The zero-order chi connectivity index (χ0) is 21.7. The molecule has 3 aliphatic rings. The quantitative estimate of drug-likeness (QED) is 0.652. The molecule has 10 radical (unpaired) electrons. The van der Waals surface area contributed by atoms with Gasteiger partial charge in [-0.1, -0.05) is 60.7 Å². The summed E-state index contributed by atoms with van der Waals surface area (Å²) >= 11 is 0. The standard InChI is InChI=1S/C23H22NO2.C5H5.Fe/c1-22(2)16-26-21(24-22)19-14-9-15-20(19)23(25,17-10-5-3-6-11-17)18-12-7-4-8-13-18;1-2-4-5-3-1;/h3-15,25H,16H2,1-2H3;1-5H;/q;;+2. The Balaban J connectivity index is 0.000000427. The minimum Gasteiger partial charge on any atom is -0.478 e. The van der Waals surface area contributed by atoms with Crippen LogP contribution in [0.25, 0.3) is 0 Å². The van der Waals surface area contributed by atoms with Gasteiger partial charge in [0.2, 0.25) is 0 Å². The molecule has 0 spiro atoms. The summed E-state index contributed by atoms with van der Waals surface area (Å²) in [4.78, 5) is 4.71. The molecule has 2 aliphatic carbocycles. The maximum Gasteiger partial charge on any atom is 2.00 e. The Morgan fingerprint density at radius 1 is 0.781 bits per heavy atom. The molecular formula is C28H27FeNO2+2. The molecule has 0 atom stereocenters. The van der Waals surface area contributed by atoms with Crippen LogP contribution in [0.5, 0.6) is 0 Å². The number of rotatable bonds is 4. The van der Waals surface area contributed by atoms with Gasteiger partial charge in [0.15, 0.2) is 5.90 Å². The molecule has 0 aromatic heterocycles. The molecule has 2 saturated carbocycles. The fourth-order valence-corrected chi connectivity index (χ4v) is 3.80. The third kappa shape index (κ3) is 5.47. The Morgan fingerprint density at radius 3 is 1.72 bits per heavy atom. The average Bonchev–Trinajstić information content (AvgIpc) is 3.57. The molecule has 2 fully saturated rings. The Morgan fingerprint density at radius 2 is 1.28 bits per heavy atom. The Labute approximate surface area is 204 Å². The number of hydrogen-bond acceptors (Lipinski definition) is 3. The normalized spacial score (nSPS) is 20.7. The summed E-state index contributed by atoms with van der Waals surface area (Å²) in [6.45, 7) is 4.63. The molecule has 1 N–H and O–H groups in total. The van der Waals surface area contributed by atoms with Gasteiger partial charge in [-0.15, -0.1) is 0 Å². The third-order valence-electron chi connectivity index (χ3n) is 5.34. The van der Waals surface area contributed by atoms with E-state index in [1.54, 1.807) is 0 Å². The minimum atomic E-state index is -1.28. The van der Waals surface area contributed by atoms with E-state index in [-0.39, 0.29) is 22.6 Å². The van der Waals surface area contributed by atoms with Crippen LogP contribution >= 0.6 is 0 Å². The Hall–Kier alpha value is -1.61. The maximum absolute atomic E-state index is 12.0. The van der Waals surface area contributed by atoms with Gasteiger partial charge in [-0.05, 0) is 76.3 Å². The summed E-state index contributed by atoms with van der Waals surface area (Å²) < 4.78 is 5.86. The van der Waals surface area contributed by atoms with Crippen LogP contribution in [-0.2, 0) is 27.4 Å². The van der Waals surface area contributed by atoms with Crippen molar-refractivity contribution in [1.29, 1.82) is 0 Å². The zero-order valence-corrected chi connectivity index (χ0v) is 19.4. The van der Waals surface area contributed by atoms with Crippen LogP contribution in [0, 0.1) is 63.2 Å². The predicted molar refractivity (Wildman–Crippen MR) is 124 cm³/mol. The van der Waals surface area contributed by atoms with Gasteiger partial charge in [-0.2, -0.15) is 0 Å². The van der Waals surface area contributed by atoms with E-state index < -0.39 is 5.60 Å². The van der Waals surface area contributed by atoms with Gasteiger partial charge in [0.05, 0.1) is 11.5 Å². The van der Waals surface area contributed by atoms with Gasteiger partial charge < -0.3 is 9.84 Å². The van der Waals surface area contributed by atoms with Crippen molar-refractivity contribution in [3.05, 3.63) is 135 Å². The van der Waals surface area contributed by atoms with Crippen molar-refractivity contribution >= 4 is 5.90 Å². The fraction of sp³-hybridized carbons (Fsp3) is 0.179. The van der Waals surface area contributed by atoms with Gasteiger partial charge >= 0.3 is 17.1 Å². The van der Waals surface area contributed by atoms with Crippen molar-refractivity contribution in [1.82, 2.24) is 0 Å². The zero-order valence-electron chi connectivity index (χ0n) is 18.3. The van der Waals surface area contributed by atoms with Crippen molar-refractivity contribution in [3.8, 4) is 0 Å². The topological polar surface area (TPSA) is 41.8 Å². The molecule has 162 valence electrons. The van der Waals surface area contributed by atoms with Crippen LogP contribution in [0.1, 0.15) is 25.0 Å². The second kappa shape index (κ2) is 11.0. The molecule has 1 aliphatic heterocycles. The molecule has 0 unspecified atom stereocenters. The van der Waals surface area contributed by atoms with Gasteiger partial charge in [-0.25, -0.2) is 4.99 Å². The number of nitrogens with zero attached hydrogens (tertiary/aromatic N) is 1. The molecule has 2 aromatic carbocycles. The molecule has 0 saturated heterocycles. The van der Waals surface area contributed by atoms with Crippen LogP contribution in [0.4, 0.5) is 0 Å². The maximum atomic E-state index is 12.0. The van der Waals surface area contributed by atoms with E-state index in [1.165, 1.54) is 0 Å². The van der Waals surface area contributed by atoms with E-state index in [9.17, 15) is 5.11 Å². The van der Waals surface area contributed by atoms with E-state index in [2.05, 4.69) is 0 Å². The van der Waals surface area contributed by atoms with Gasteiger partial charge in [0, 0.05) is 5.92 Å². The largest absolute Gasteiger partial charge is 2.00 e. The summed E-state index contributed by atoms with van der Waals surface area (Å²) in [5, 5.41) is 12.0. The Bertz CT molecular complexity index is 814. The first-order valence-electron chi connectivity index (χ1n) is 10.5. The van der Waals surface area contributed by atoms with Crippen LogP contribution in [0.3, 0.4) is 0 Å². The summed E-state index contributed by atoms with van der Waals surface area (Å²) in [6, 6.07) is 19.5. The monoisotopic (exact) mass is 465 g/mol. The molecule has 5 rings (SSSR count). The number of ether oxygens (including phenoxy) is 1. The van der Waals surface area contributed by atoms with Crippen LogP contribution in [-0.4, -0.2) is 23.2 Å². The molecule has 1 heterocycles. The average molecular weight is 465 g/mol. The summed E-state index contributed by atoms with van der Waals surface area (Å²) in [5.41, 5.74) is 0.106. The second-order valence-corrected chi connectivity index (χ2v) is 8.28. The van der Waals surface area contributed by atoms with Crippen LogP contribution in [0.2, 0.25) is 0 Å². The van der Waals surface area contributed by atoms with E-state index in [0.717, 1.165) is 23.0 Å². The van der Waals surface area contributed by atoms with E-state index in [0.29, 0.717) is 12.5 Å². The summed E-state index contributed by atoms with van der Waals surface area (Å²) in [5.74, 6) is 2.22. The summed E-state index contributed by atoms with van der Waals surface area (Å²) in [7, 11) is 0. The van der Waals surface area contributed by atoms with E-state index >= 15 is 0 Å². The molecule has 0 amide bonds. The van der Waals surface area contributed by atoms with Crippen molar-refractivity contribution in [2.75, 3.05) is 6.61 Å². The van der Waals surface area contributed by atoms with Gasteiger partial charge in [-0.3, -0.25) is 0 Å². The van der Waals surface area contributed by atoms with Crippen LogP contribution < -0.4 is 0 Å². The van der Waals surface area contributed by atoms with Crippen LogP contribution in [0.15, 0.2) is 65.7 Å². The number of aliphatic imine (C=N–C) groups is 1. The van der Waals surface area contributed by atoms with Gasteiger partial charge in [0.25, 0.3) is 0 Å². The number of aliphatic hydroxyl groups is 1. The molecule has 4 heteroatoms. The van der Waals surface area contributed by atoms with E-state index in [4.69, 9.17) is 9.73 Å². The van der Waals surface area contributed by atoms with E-state index in [1.807, 2.05) is 126 Å². The molecule has 32 heavy (non-hydrogen) atoms. The van der Waals surface area contributed by atoms with Crippen molar-refractivity contribution < 1.29 is 26.9 Å². The first-order chi connectivity index (χ1) is 15.0. The smallest absolute Gasteiger partial charge is 0.478 e. The molecule has 3 nitrogen and oxygen atoms in total. The third-order valence-corrected chi connectivity index (χ3v) is 5.34. The number of benzene rings is 2. The molecule has 0 bridgehead atoms. The van der Waals surface area contributed by atoms with Crippen molar-refractivity contribution in [2.45, 2.75) is 25.0 Å². The summed E-state index contributed by atoms with van der Waals surface area (Å²) in [6.07, 6.45) is 15.9. The van der Waals surface area contributed by atoms with Crippen molar-refractivity contribution in [2.24, 2.45) is 4.99 Å². The molecule has 2 aromatic rings. The van der Waals surface area contributed by atoms with Gasteiger partial charge in [0.1, 0.15) is 12.2 Å². The first kappa shape index (κ1) is 25.0. The number of hydrogen-bond donors (Lipinski definition) is 1. The molecular weight excluding hydrogens is 438 g/mol. The SMILES string of the molecule is CC1(C)COC([C]2[CH][CH][CH][C]2C(O)(c2ccccc2)c2ccccc2)=N1.[CH]1[CH][CH][CH][CH]1.[Fe+2]. The Kier molecular flexibility index (Phi) is 8.61. The second-order valence-electron chi connectivity index (χ2n) is 8.28. The van der Waals surface area contributed by atoms with Crippen molar-refractivity contribution in [3.63, 3.8) is 0 Å². The predicted octanol–water partition coefficient (Wildman–Crippen LogP) is 4.92. The minimum absolute atomic E-state index is 0.